The van der Waals surface area contributed by atoms with E-state index in [1.165, 1.54) is 4.90 Å². The topological polar surface area (TPSA) is 75.7 Å². The van der Waals surface area contributed by atoms with Crippen LogP contribution in [0.5, 0.6) is 5.75 Å². The lowest BCUT2D eigenvalue weighted by Crippen LogP contribution is -2.34. The number of nitrogens with one attached hydrogen (secondary N) is 1. The molecule has 1 saturated heterocycles. The number of hydrogen-bond donors (Lipinski definition) is 1. The molecule has 3 rings (SSSR count). The number of hydrogen-bond acceptors (Lipinski definition) is 4. The van der Waals surface area contributed by atoms with Crippen molar-refractivity contribution in [3.8, 4) is 5.75 Å². The van der Waals surface area contributed by atoms with Gasteiger partial charge in [-0.2, -0.15) is 0 Å². The number of benzene rings is 1. The van der Waals surface area contributed by atoms with Gasteiger partial charge in [-0.25, -0.2) is 0 Å². The number of nitrogens with zero attached hydrogens (tertiary/aromatic N) is 1. The fourth-order valence-corrected chi connectivity index (χ4v) is 3.79. The minimum atomic E-state index is -0.229. The second-order valence-corrected chi connectivity index (χ2v) is 6.97. The first kappa shape index (κ1) is 18.4. The lowest BCUT2D eigenvalue weighted by Gasteiger charge is -2.19. The van der Waals surface area contributed by atoms with Gasteiger partial charge in [0.05, 0.1) is 24.1 Å². The molecule has 6 nitrogen and oxygen atoms in total. The molecule has 1 aromatic carbocycles. The molecular weight excluding hydrogens is 332 g/mol. The number of carbonyl (C=O) groups is 3. The van der Waals surface area contributed by atoms with E-state index in [0.29, 0.717) is 18.0 Å². The van der Waals surface area contributed by atoms with E-state index in [0.717, 1.165) is 32.1 Å². The van der Waals surface area contributed by atoms with Crippen LogP contribution >= 0.6 is 0 Å². The second kappa shape index (κ2) is 8.34. The predicted octanol–water partition coefficient (Wildman–Crippen LogP) is 2.98. The smallest absolute Gasteiger partial charge is 0.233 e. The van der Waals surface area contributed by atoms with Crippen LogP contribution < -0.4 is 10.1 Å². The van der Waals surface area contributed by atoms with Crippen LogP contribution in [0.1, 0.15) is 45.4 Å². The van der Waals surface area contributed by atoms with E-state index in [-0.39, 0.29) is 42.5 Å². The summed E-state index contributed by atoms with van der Waals surface area (Å²) in [6, 6.07) is 7.27. The molecule has 1 aliphatic heterocycles. The normalized spacial score (nSPS) is 22.3. The van der Waals surface area contributed by atoms with Crippen molar-refractivity contribution in [2.45, 2.75) is 45.4 Å². The van der Waals surface area contributed by atoms with Crippen LogP contribution in [-0.4, -0.2) is 35.8 Å². The number of ether oxygens (including phenoxy) is 1. The third kappa shape index (κ3) is 3.89. The molecule has 26 heavy (non-hydrogen) atoms. The summed E-state index contributed by atoms with van der Waals surface area (Å²) < 4.78 is 5.63. The first-order valence-electron chi connectivity index (χ1n) is 9.48. The Morgan fingerprint density at radius 1 is 1.15 bits per heavy atom. The number of carbonyl (C=O) groups excluding carboxylic acids is 3. The molecule has 6 heteroatoms. The maximum absolute atomic E-state index is 12.4. The van der Waals surface area contributed by atoms with Gasteiger partial charge in [0.25, 0.3) is 0 Å². The van der Waals surface area contributed by atoms with Crippen molar-refractivity contribution in [3.63, 3.8) is 0 Å². The van der Waals surface area contributed by atoms with E-state index < -0.39 is 0 Å². The standard InChI is InChI=1S/C20H26N2O4/c1-2-13-26-17-10-6-5-9-16(17)21-18(23)11-12-22-19(24)14-7-3-4-8-15(14)20(22)25/h5-6,9-10,14-15H,2-4,7-8,11-13H2,1H3,(H,21,23)/t14-,15-/m0/s1. The average Bonchev–Trinajstić information content (AvgIpc) is 2.90. The van der Waals surface area contributed by atoms with E-state index in [4.69, 9.17) is 4.74 Å². The molecule has 1 aliphatic carbocycles. The number of rotatable bonds is 7. The fraction of sp³-hybridized carbons (Fsp3) is 0.550. The molecule has 2 aliphatic rings. The summed E-state index contributed by atoms with van der Waals surface area (Å²) in [4.78, 5) is 38.5. The van der Waals surface area contributed by atoms with Gasteiger partial charge >= 0.3 is 0 Å². The fourth-order valence-electron chi connectivity index (χ4n) is 3.79. The zero-order valence-electron chi connectivity index (χ0n) is 15.2. The molecule has 2 atom stereocenters. The highest BCUT2D eigenvalue weighted by Crippen LogP contribution is 2.38. The highest BCUT2D eigenvalue weighted by molar-refractivity contribution is 6.05. The Balaban J connectivity index is 1.56. The average molecular weight is 358 g/mol. The molecule has 0 radical (unpaired) electrons. The molecule has 3 amide bonds. The SMILES string of the molecule is CCCOc1ccccc1NC(=O)CCN1C(=O)[C@H]2CCCC[C@@H]2C1=O. The van der Waals surface area contributed by atoms with Gasteiger partial charge in [-0.05, 0) is 31.4 Å². The Morgan fingerprint density at radius 2 is 1.81 bits per heavy atom. The number of amides is 3. The van der Waals surface area contributed by atoms with Crippen LogP contribution in [0.4, 0.5) is 5.69 Å². The van der Waals surface area contributed by atoms with E-state index >= 15 is 0 Å². The molecule has 0 unspecified atom stereocenters. The minimum Gasteiger partial charge on any atom is -0.491 e. The van der Waals surface area contributed by atoms with Crippen molar-refractivity contribution >= 4 is 23.4 Å². The Hall–Kier alpha value is -2.37. The third-order valence-electron chi connectivity index (χ3n) is 5.12. The zero-order chi connectivity index (χ0) is 18.5. The highest BCUT2D eigenvalue weighted by atomic mass is 16.5. The first-order valence-corrected chi connectivity index (χ1v) is 9.48. The second-order valence-electron chi connectivity index (χ2n) is 6.97. The summed E-state index contributed by atoms with van der Waals surface area (Å²) in [6.45, 7) is 2.74. The zero-order valence-corrected chi connectivity index (χ0v) is 15.2. The molecule has 0 bridgehead atoms. The van der Waals surface area contributed by atoms with Crippen molar-refractivity contribution in [2.75, 3.05) is 18.5 Å². The Labute approximate surface area is 153 Å². The number of likely N-dealkylation sites (tertiary alicyclic amines) is 1. The van der Waals surface area contributed by atoms with Crippen LogP contribution in [-0.2, 0) is 14.4 Å². The number of imide groups is 1. The van der Waals surface area contributed by atoms with Crippen LogP contribution in [0.2, 0.25) is 0 Å². The van der Waals surface area contributed by atoms with Crippen LogP contribution in [0, 0.1) is 11.8 Å². The van der Waals surface area contributed by atoms with Gasteiger partial charge < -0.3 is 10.1 Å². The maximum Gasteiger partial charge on any atom is 0.233 e. The number of para-hydroxylation sites is 2. The summed E-state index contributed by atoms with van der Waals surface area (Å²) >= 11 is 0. The maximum atomic E-state index is 12.4. The van der Waals surface area contributed by atoms with Crippen LogP contribution in [0.15, 0.2) is 24.3 Å². The molecule has 140 valence electrons. The number of fused-ring (bicyclic) bond motifs is 1. The van der Waals surface area contributed by atoms with Gasteiger partial charge in [0.15, 0.2) is 0 Å². The summed E-state index contributed by atoms with van der Waals surface area (Å²) in [7, 11) is 0. The van der Waals surface area contributed by atoms with E-state index in [9.17, 15) is 14.4 Å². The first-order chi connectivity index (χ1) is 12.6. The van der Waals surface area contributed by atoms with Crippen molar-refractivity contribution in [1.29, 1.82) is 0 Å². The van der Waals surface area contributed by atoms with E-state index in [1.807, 2.05) is 25.1 Å². The molecule has 0 spiro atoms. The molecule has 1 N–H and O–H groups in total. The summed E-state index contributed by atoms with van der Waals surface area (Å²) in [5.74, 6) is -0.126. The molecule has 1 saturated carbocycles. The van der Waals surface area contributed by atoms with Gasteiger partial charge in [0, 0.05) is 13.0 Å². The molecular formula is C20H26N2O4. The van der Waals surface area contributed by atoms with Gasteiger partial charge in [-0.15, -0.1) is 0 Å². The van der Waals surface area contributed by atoms with Crippen molar-refractivity contribution in [3.05, 3.63) is 24.3 Å². The largest absolute Gasteiger partial charge is 0.491 e. The lowest BCUT2D eigenvalue weighted by molar-refractivity contribution is -0.140. The van der Waals surface area contributed by atoms with Crippen molar-refractivity contribution < 1.29 is 19.1 Å². The molecule has 2 fully saturated rings. The van der Waals surface area contributed by atoms with Gasteiger partial charge in [-0.1, -0.05) is 31.9 Å². The Kier molecular flexibility index (Phi) is 5.91. The van der Waals surface area contributed by atoms with Gasteiger partial charge in [0.2, 0.25) is 17.7 Å². The van der Waals surface area contributed by atoms with Gasteiger partial charge in [0.1, 0.15) is 5.75 Å². The van der Waals surface area contributed by atoms with E-state index in [1.54, 1.807) is 6.07 Å². The monoisotopic (exact) mass is 358 g/mol. The molecule has 1 aromatic rings. The summed E-state index contributed by atoms with van der Waals surface area (Å²) in [5.41, 5.74) is 0.610. The highest BCUT2D eigenvalue weighted by Gasteiger charge is 2.47. The quantitative estimate of drug-likeness (QED) is 0.760. The van der Waals surface area contributed by atoms with Gasteiger partial charge in [-0.3, -0.25) is 19.3 Å². The minimum absolute atomic E-state index is 0.0963. The predicted molar refractivity (Wildman–Crippen MR) is 97.6 cm³/mol. The van der Waals surface area contributed by atoms with Crippen LogP contribution in [0.3, 0.4) is 0 Å². The summed E-state index contributed by atoms with van der Waals surface area (Å²) in [5, 5.41) is 2.82. The summed E-state index contributed by atoms with van der Waals surface area (Å²) in [6.07, 6.45) is 4.56. The molecule has 0 aromatic heterocycles. The third-order valence-corrected chi connectivity index (χ3v) is 5.12. The lowest BCUT2D eigenvalue weighted by atomic mass is 9.81. The molecule has 1 heterocycles. The Bertz CT molecular complexity index is 664. The Morgan fingerprint density at radius 3 is 2.46 bits per heavy atom. The van der Waals surface area contributed by atoms with Crippen LogP contribution in [0.25, 0.3) is 0 Å². The van der Waals surface area contributed by atoms with E-state index in [2.05, 4.69) is 5.32 Å². The van der Waals surface area contributed by atoms with Crippen molar-refractivity contribution in [1.82, 2.24) is 4.90 Å². The number of anilines is 1. The van der Waals surface area contributed by atoms with Crippen molar-refractivity contribution in [2.24, 2.45) is 11.8 Å².